The van der Waals surface area contributed by atoms with Crippen LogP contribution in [0.2, 0.25) is 0 Å². The summed E-state index contributed by atoms with van der Waals surface area (Å²) in [5.41, 5.74) is 0.543. The summed E-state index contributed by atoms with van der Waals surface area (Å²) in [7, 11) is 0. The van der Waals surface area contributed by atoms with E-state index in [1.54, 1.807) is 12.1 Å². The van der Waals surface area contributed by atoms with E-state index in [9.17, 15) is 9.59 Å². The Morgan fingerprint density at radius 3 is 3.00 bits per heavy atom. The van der Waals surface area contributed by atoms with E-state index >= 15 is 0 Å². The SMILES string of the molecule is O=CCc1cccc(NC(=O)O)n1. The van der Waals surface area contributed by atoms with E-state index in [1.165, 1.54) is 6.07 Å². The van der Waals surface area contributed by atoms with Gasteiger partial charge in [0.05, 0.1) is 0 Å². The highest BCUT2D eigenvalue weighted by Gasteiger charge is 1.99. The minimum Gasteiger partial charge on any atom is -0.465 e. The van der Waals surface area contributed by atoms with Gasteiger partial charge in [-0.3, -0.25) is 5.32 Å². The number of hydrogen-bond acceptors (Lipinski definition) is 3. The van der Waals surface area contributed by atoms with Crippen molar-refractivity contribution < 1.29 is 14.7 Å². The van der Waals surface area contributed by atoms with E-state index in [2.05, 4.69) is 10.3 Å². The molecule has 0 aromatic carbocycles. The molecule has 0 radical (unpaired) electrons. The van der Waals surface area contributed by atoms with E-state index in [1.807, 2.05) is 0 Å². The van der Waals surface area contributed by atoms with Crippen LogP contribution in [0.4, 0.5) is 10.6 Å². The first-order valence-electron chi connectivity index (χ1n) is 3.62. The third-order valence-electron chi connectivity index (χ3n) is 1.33. The Balaban J connectivity index is 2.78. The molecule has 1 amide bonds. The Morgan fingerprint density at radius 1 is 1.62 bits per heavy atom. The van der Waals surface area contributed by atoms with Crippen molar-refractivity contribution in [3.8, 4) is 0 Å². The average Bonchev–Trinajstić information content (AvgIpc) is 2.04. The number of carbonyl (C=O) groups excluding carboxylic acids is 1. The molecule has 0 spiro atoms. The summed E-state index contributed by atoms with van der Waals surface area (Å²) in [4.78, 5) is 24.2. The van der Waals surface area contributed by atoms with Crippen molar-refractivity contribution >= 4 is 18.2 Å². The Bertz CT molecular complexity index is 325. The quantitative estimate of drug-likeness (QED) is 0.677. The highest BCUT2D eigenvalue weighted by molar-refractivity contribution is 5.81. The van der Waals surface area contributed by atoms with Gasteiger partial charge in [0, 0.05) is 12.1 Å². The molecule has 5 heteroatoms. The normalized spacial score (nSPS) is 9.23. The zero-order chi connectivity index (χ0) is 9.68. The van der Waals surface area contributed by atoms with E-state index < -0.39 is 6.09 Å². The molecule has 5 nitrogen and oxygen atoms in total. The van der Waals surface area contributed by atoms with Crippen molar-refractivity contribution in [1.29, 1.82) is 0 Å². The summed E-state index contributed by atoms with van der Waals surface area (Å²) in [5.74, 6) is 0.229. The smallest absolute Gasteiger partial charge is 0.410 e. The van der Waals surface area contributed by atoms with Gasteiger partial charge in [-0.1, -0.05) is 6.07 Å². The first-order valence-corrected chi connectivity index (χ1v) is 3.62. The molecule has 1 rings (SSSR count). The first-order chi connectivity index (χ1) is 6.22. The van der Waals surface area contributed by atoms with Crippen LogP contribution in [0.3, 0.4) is 0 Å². The van der Waals surface area contributed by atoms with Gasteiger partial charge in [0.2, 0.25) is 0 Å². The minimum absolute atomic E-state index is 0.190. The second kappa shape index (κ2) is 4.20. The molecule has 13 heavy (non-hydrogen) atoms. The molecule has 0 saturated heterocycles. The van der Waals surface area contributed by atoms with E-state index in [0.29, 0.717) is 12.0 Å². The molecule has 0 aliphatic rings. The third kappa shape index (κ3) is 2.90. The Morgan fingerprint density at radius 2 is 2.38 bits per heavy atom. The van der Waals surface area contributed by atoms with Gasteiger partial charge >= 0.3 is 6.09 Å². The number of aromatic nitrogens is 1. The fraction of sp³-hybridized carbons (Fsp3) is 0.125. The fourth-order valence-corrected chi connectivity index (χ4v) is 0.858. The molecule has 1 aromatic rings. The maximum absolute atomic E-state index is 10.2. The molecule has 1 aromatic heterocycles. The zero-order valence-electron chi connectivity index (χ0n) is 6.73. The largest absolute Gasteiger partial charge is 0.465 e. The lowest BCUT2D eigenvalue weighted by atomic mass is 10.3. The molecule has 0 atom stereocenters. The Hall–Kier alpha value is -1.91. The summed E-state index contributed by atoms with van der Waals surface area (Å²) in [6, 6.07) is 4.81. The van der Waals surface area contributed by atoms with Gasteiger partial charge in [-0.2, -0.15) is 0 Å². The summed E-state index contributed by atoms with van der Waals surface area (Å²) in [6.07, 6.45) is -0.266. The van der Waals surface area contributed by atoms with Crippen LogP contribution in [-0.2, 0) is 11.2 Å². The molecule has 0 aliphatic carbocycles. The number of carbonyl (C=O) groups is 2. The average molecular weight is 180 g/mol. The lowest BCUT2D eigenvalue weighted by molar-refractivity contribution is -0.107. The van der Waals surface area contributed by atoms with Crippen LogP contribution in [-0.4, -0.2) is 22.5 Å². The van der Waals surface area contributed by atoms with Crippen molar-refractivity contribution in [3.63, 3.8) is 0 Å². The molecule has 68 valence electrons. The van der Waals surface area contributed by atoms with Crippen LogP contribution in [0, 0.1) is 0 Å². The number of nitrogens with zero attached hydrogens (tertiary/aromatic N) is 1. The zero-order valence-corrected chi connectivity index (χ0v) is 6.73. The van der Waals surface area contributed by atoms with Crippen LogP contribution >= 0.6 is 0 Å². The van der Waals surface area contributed by atoms with E-state index in [0.717, 1.165) is 0 Å². The molecule has 2 N–H and O–H groups in total. The predicted octanol–water partition coefficient (Wildman–Crippen LogP) is 0.913. The highest BCUT2D eigenvalue weighted by Crippen LogP contribution is 2.04. The monoisotopic (exact) mass is 180 g/mol. The molecular weight excluding hydrogens is 172 g/mol. The molecule has 0 aliphatic heterocycles. The van der Waals surface area contributed by atoms with E-state index in [-0.39, 0.29) is 12.2 Å². The van der Waals surface area contributed by atoms with Crippen LogP contribution in [0.15, 0.2) is 18.2 Å². The van der Waals surface area contributed by atoms with Crippen LogP contribution in [0.25, 0.3) is 0 Å². The van der Waals surface area contributed by atoms with Crippen LogP contribution in [0.5, 0.6) is 0 Å². The van der Waals surface area contributed by atoms with Crippen molar-refractivity contribution in [3.05, 3.63) is 23.9 Å². The van der Waals surface area contributed by atoms with Crippen molar-refractivity contribution in [1.82, 2.24) is 4.98 Å². The van der Waals surface area contributed by atoms with Gasteiger partial charge in [0.15, 0.2) is 0 Å². The third-order valence-corrected chi connectivity index (χ3v) is 1.33. The Kier molecular flexibility index (Phi) is 2.97. The van der Waals surface area contributed by atoms with E-state index in [4.69, 9.17) is 5.11 Å². The summed E-state index contributed by atoms with van der Waals surface area (Å²) in [5, 5.41) is 10.5. The van der Waals surface area contributed by atoms with Gasteiger partial charge < -0.3 is 9.90 Å². The topological polar surface area (TPSA) is 79.3 Å². The predicted molar refractivity (Wildman–Crippen MR) is 45.7 cm³/mol. The number of rotatable bonds is 3. The Labute approximate surface area is 74.4 Å². The number of pyridine rings is 1. The van der Waals surface area contributed by atoms with Crippen LogP contribution < -0.4 is 5.32 Å². The molecule has 1 heterocycles. The number of nitrogens with one attached hydrogen (secondary N) is 1. The molecule has 0 fully saturated rings. The number of amides is 1. The second-order valence-electron chi connectivity index (χ2n) is 2.32. The number of carboxylic acid groups (broad SMARTS) is 1. The molecule has 0 saturated carbocycles. The van der Waals surface area contributed by atoms with Crippen molar-refractivity contribution in [2.45, 2.75) is 6.42 Å². The summed E-state index contributed by atoms with van der Waals surface area (Å²) in [6.45, 7) is 0. The maximum Gasteiger partial charge on any atom is 0.410 e. The fourth-order valence-electron chi connectivity index (χ4n) is 0.858. The van der Waals surface area contributed by atoms with Crippen LogP contribution in [0.1, 0.15) is 5.69 Å². The maximum atomic E-state index is 10.2. The van der Waals surface area contributed by atoms with Gasteiger partial charge in [0.1, 0.15) is 12.1 Å². The second-order valence-corrected chi connectivity index (χ2v) is 2.32. The van der Waals surface area contributed by atoms with Gasteiger partial charge in [-0.05, 0) is 12.1 Å². The highest BCUT2D eigenvalue weighted by atomic mass is 16.4. The van der Waals surface area contributed by atoms with Crippen molar-refractivity contribution in [2.75, 3.05) is 5.32 Å². The lowest BCUT2D eigenvalue weighted by Crippen LogP contribution is -2.09. The molecular formula is C8H8N2O3. The van der Waals surface area contributed by atoms with Gasteiger partial charge in [0.25, 0.3) is 0 Å². The summed E-state index contributed by atoms with van der Waals surface area (Å²) < 4.78 is 0. The van der Waals surface area contributed by atoms with Gasteiger partial charge in [-0.15, -0.1) is 0 Å². The summed E-state index contributed by atoms with van der Waals surface area (Å²) >= 11 is 0. The first kappa shape index (κ1) is 9.18. The molecule has 0 bridgehead atoms. The van der Waals surface area contributed by atoms with Gasteiger partial charge in [-0.25, -0.2) is 9.78 Å². The number of hydrogen-bond donors (Lipinski definition) is 2. The van der Waals surface area contributed by atoms with Crippen molar-refractivity contribution in [2.24, 2.45) is 0 Å². The standard InChI is InChI=1S/C8H8N2O3/c11-5-4-6-2-1-3-7(9-6)10-8(12)13/h1-3,5H,4H2,(H,9,10)(H,12,13). The number of aldehydes is 1. The molecule has 0 unspecified atom stereocenters. The minimum atomic E-state index is -1.17. The lowest BCUT2D eigenvalue weighted by Gasteiger charge is -2.00. The number of anilines is 1.